The highest BCUT2D eigenvalue weighted by atomic mass is 16.2. The second kappa shape index (κ2) is 8.82. The minimum atomic E-state index is -0.0693. The maximum atomic E-state index is 13.0. The molecule has 4 rings (SSSR count). The Labute approximate surface area is 171 Å². The quantitative estimate of drug-likeness (QED) is 0.672. The van der Waals surface area contributed by atoms with Crippen molar-refractivity contribution < 1.29 is 4.79 Å². The Morgan fingerprint density at radius 1 is 0.897 bits per heavy atom. The van der Waals surface area contributed by atoms with Crippen molar-refractivity contribution in [3.05, 3.63) is 72.4 Å². The minimum Gasteiger partial charge on any atom is -0.352 e. The zero-order valence-corrected chi connectivity index (χ0v) is 16.6. The molecule has 0 unspecified atom stereocenters. The third-order valence-electron chi connectivity index (χ3n) is 5.40. The zero-order valence-electron chi connectivity index (χ0n) is 16.6. The monoisotopic (exact) mass is 387 g/mol. The first-order valence-corrected chi connectivity index (χ1v) is 10.1. The largest absolute Gasteiger partial charge is 0.352 e. The second-order valence-corrected chi connectivity index (χ2v) is 7.18. The molecular weight excluding hydrogens is 362 g/mol. The Bertz CT molecular complexity index is 923. The fourth-order valence-corrected chi connectivity index (χ4v) is 3.76. The van der Waals surface area contributed by atoms with E-state index in [-0.39, 0.29) is 11.8 Å². The molecule has 3 heterocycles. The summed E-state index contributed by atoms with van der Waals surface area (Å²) < 4.78 is 0. The van der Waals surface area contributed by atoms with Crippen LogP contribution in [0.15, 0.2) is 66.9 Å². The lowest BCUT2D eigenvalue weighted by atomic mass is 9.95. The van der Waals surface area contributed by atoms with Gasteiger partial charge in [-0.15, -0.1) is 10.2 Å². The van der Waals surface area contributed by atoms with E-state index in [4.69, 9.17) is 0 Å². The predicted molar refractivity (Wildman–Crippen MR) is 114 cm³/mol. The Balaban J connectivity index is 1.38. The van der Waals surface area contributed by atoms with E-state index in [0.717, 1.165) is 42.3 Å². The number of piperazine rings is 1. The highest BCUT2D eigenvalue weighted by molar-refractivity contribution is 5.84. The van der Waals surface area contributed by atoms with Gasteiger partial charge < -0.3 is 9.80 Å². The molecule has 29 heavy (non-hydrogen) atoms. The molecular formula is C23H25N5O. The van der Waals surface area contributed by atoms with Gasteiger partial charge in [0.05, 0.1) is 11.6 Å². The first-order valence-electron chi connectivity index (χ1n) is 10.1. The molecule has 1 aliphatic rings. The molecule has 0 bridgehead atoms. The predicted octanol–water partition coefficient (Wildman–Crippen LogP) is 3.38. The van der Waals surface area contributed by atoms with Crippen LogP contribution in [0.5, 0.6) is 0 Å². The van der Waals surface area contributed by atoms with Gasteiger partial charge in [0.15, 0.2) is 5.82 Å². The molecule has 2 aromatic heterocycles. The molecule has 0 spiro atoms. The number of carbonyl (C=O) groups is 1. The Morgan fingerprint density at radius 3 is 2.28 bits per heavy atom. The molecule has 0 saturated carbocycles. The number of aromatic nitrogens is 3. The number of pyridine rings is 1. The molecule has 0 aliphatic carbocycles. The molecule has 1 aromatic carbocycles. The van der Waals surface area contributed by atoms with Crippen LogP contribution < -0.4 is 4.90 Å². The molecule has 6 nitrogen and oxygen atoms in total. The lowest BCUT2D eigenvalue weighted by Crippen LogP contribution is -2.50. The lowest BCUT2D eigenvalue weighted by Gasteiger charge is -2.36. The molecule has 1 saturated heterocycles. The van der Waals surface area contributed by atoms with Crippen molar-refractivity contribution in [1.82, 2.24) is 20.1 Å². The van der Waals surface area contributed by atoms with Gasteiger partial charge in [-0.05, 0) is 36.2 Å². The van der Waals surface area contributed by atoms with Crippen molar-refractivity contribution >= 4 is 11.7 Å². The molecule has 6 heteroatoms. The number of nitrogens with zero attached hydrogens (tertiary/aromatic N) is 5. The van der Waals surface area contributed by atoms with Crippen molar-refractivity contribution in [1.29, 1.82) is 0 Å². The van der Waals surface area contributed by atoms with Gasteiger partial charge in [-0.2, -0.15) is 0 Å². The number of hydrogen-bond acceptors (Lipinski definition) is 5. The van der Waals surface area contributed by atoms with Crippen LogP contribution in [0.1, 0.15) is 24.8 Å². The van der Waals surface area contributed by atoms with Crippen LogP contribution in [-0.4, -0.2) is 52.2 Å². The average molecular weight is 387 g/mol. The third kappa shape index (κ3) is 4.26. The smallest absolute Gasteiger partial charge is 0.230 e. The van der Waals surface area contributed by atoms with E-state index in [1.807, 2.05) is 65.6 Å². The molecule has 148 valence electrons. The van der Waals surface area contributed by atoms with E-state index in [0.29, 0.717) is 13.1 Å². The van der Waals surface area contributed by atoms with E-state index in [9.17, 15) is 4.79 Å². The summed E-state index contributed by atoms with van der Waals surface area (Å²) in [6, 6.07) is 19.7. The summed E-state index contributed by atoms with van der Waals surface area (Å²) in [4.78, 5) is 21.5. The highest BCUT2D eigenvalue weighted by Gasteiger charge is 2.27. The van der Waals surface area contributed by atoms with Gasteiger partial charge in [0, 0.05) is 32.4 Å². The van der Waals surface area contributed by atoms with Gasteiger partial charge >= 0.3 is 0 Å². The normalized spacial score (nSPS) is 15.2. The highest BCUT2D eigenvalue weighted by Crippen LogP contribution is 2.24. The fraction of sp³-hybridized carbons (Fsp3) is 0.304. The van der Waals surface area contributed by atoms with E-state index >= 15 is 0 Å². The van der Waals surface area contributed by atoms with Crippen molar-refractivity contribution in [3.63, 3.8) is 0 Å². The first-order chi connectivity index (χ1) is 14.3. The summed E-state index contributed by atoms with van der Waals surface area (Å²) in [6.45, 7) is 4.99. The van der Waals surface area contributed by atoms with Gasteiger partial charge in [-0.3, -0.25) is 9.78 Å². The van der Waals surface area contributed by atoms with Gasteiger partial charge in [-0.1, -0.05) is 43.3 Å². The van der Waals surface area contributed by atoms with Gasteiger partial charge in [0.2, 0.25) is 5.91 Å². The standard InChI is InChI=1S/C23H25N5O/c1-2-19(18-8-4-3-5-9-18)23(29)28-16-14-27(15-17-28)22-12-11-21(25-26-22)20-10-6-7-13-24-20/h3-13,19H,2,14-17H2,1H3/t19-/m1/s1. The van der Waals surface area contributed by atoms with E-state index in [2.05, 4.69) is 27.0 Å². The topological polar surface area (TPSA) is 62.2 Å². The summed E-state index contributed by atoms with van der Waals surface area (Å²) in [5.41, 5.74) is 2.67. The first kappa shape index (κ1) is 19.1. The number of rotatable bonds is 5. The third-order valence-corrected chi connectivity index (χ3v) is 5.40. The number of anilines is 1. The van der Waals surface area contributed by atoms with Crippen LogP contribution in [0, 0.1) is 0 Å². The summed E-state index contributed by atoms with van der Waals surface area (Å²) >= 11 is 0. The van der Waals surface area contributed by atoms with Gasteiger partial charge in [0.25, 0.3) is 0 Å². The number of benzene rings is 1. The second-order valence-electron chi connectivity index (χ2n) is 7.18. The number of carbonyl (C=O) groups excluding carboxylic acids is 1. The molecule has 0 radical (unpaired) electrons. The summed E-state index contributed by atoms with van der Waals surface area (Å²) in [6.07, 6.45) is 2.56. The Morgan fingerprint density at radius 2 is 1.66 bits per heavy atom. The molecule has 1 atom stereocenters. The zero-order chi connectivity index (χ0) is 20.1. The average Bonchev–Trinajstić information content (AvgIpc) is 2.81. The molecule has 1 fully saturated rings. The molecule has 3 aromatic rings. The summed E-state index contributed by atoms with van der Waals surface area (Å²) in [5.74, 6) is 0.988. The lowest BCUT2D eigenvalue weighted by molar-refractivity contribution is -0.133. The van der Waals surface area contributed by atoms with Crippen LogP contribution in [0.25, 0.3) is 11.4 Å². The van der Waals surface area contributed by atoms with Crippen LogP contribution in [-0.2, 0) is 4.79 Å². The van der Waals surface area contributed by atoms with E-state index in [1.165, 1.54) is 0 Å². The van der Waals surface area contributed by atoms with Crippen LogP contribution in [0.2, 0.25) is 0 Å². The molecule has 1 amide bonds. The van der Waals surface area contributed by atoms with E-state index in [1.54, 1.807) is 6.20 Å². The van der Waals surface area contributed by atoms with Gasteiger partial charge in [-0.25, -0.2) is 0 Å². The molecule has 0 N–H and O–H groups in total. The maximum Gasteiger partial charge on any atom is 0.230 e. The van der Waals surface area contributed by atoms with Crippen LogP contribution >= 0.6 is 0 Å². The summed E-state index contributed by atoms with van der Waals surface area (Å²) in [5, 5.41) is 8.70. The van der Waals surface area contributed by atoms with Crippen molar-refractivity contribution in [2.24, 2.45) is 0 Å². The van der Waals surface area contributed by atoms with Crippen molar-refractivity contribution in [3.8, 4) is 11.4 Å². The Kier molecular flexibility index (Phi) is 5.79. The van der Waals surface area contributed by atoms with Crippen molar-refractivity contribution in [2.75, 3.05) is 31.1 Å². The molecule has 1 aliphatic heterocycles. The van der Waals surface area contributed by atoms with Crippen LogP contribution in [0.3, 0.4) is 0 Å². The minimum absolute atomic E-state index is 0.0693. The van der Waals surface area contributed by atoms with Gasteiger partial charge in [0.1, 0.15) is 5.69 Å². The number of hydrogen-bond donors (Lipinski definition) is 0. The maximum absolute atomic E-state index is 13.0. The number of amides is 1. The Hall–Kier alpha value is -3.28. The summed E-state index contributed by atoms with van der Waals surface area (Å²) in [7, 11) is 0. The van der Waals surface area contributed by atoms with E-state index < -0.39 is 0 Å². The van der Waals surface area contributed by atoms with Crippen molar-refractivity contribution in [2.45, 2.75) is 19.3 Å². The van der Waals surface area contributed by atoms with Crippen LogP contribution in [0.4, 0.5) is 5.82 Å². The fourth-order valence-electron chi connectivity index (χ4n) is 3.76. The SMILES string of the molecule is CC[C@@H](C(=O)N1CCN(c2ccc(-c3ccccn3)nn2)CC1)c1ccccc1.